The lowest BCUT2D eigenvalue weighted by Gasteiger charge is -2.24. The maximum Gasteiger partial charge on any atom is 0.226 e. The van der Waals surface area contributed by atoms with Crippen LogP contribution in [0.5, 0.6) is 0 Å². The van der Waals surface area contributed by atoms with Crippen molar-refractivity contribution in [3.8, 4) is 0 Å². The van der Waals surface area contributed by atoms with Gasteiger partial charge in [-0.25, -0.2) is 0 Å². The zero-order valence-electron chi connectivity index (χ0n) is 10.5. The van der Waals surface area contributed by atoms with E-state index < -0.39 is 0 Å². The molecule has 15 heavy (non-hydrogen) atoms. The molecule has 0 bridgehead atoms. The highest BCUT2D eigenvalue weighted by atomic mass is 16.2. The Labute approximate surface area is 93.4 Å². The van der Waals surface area contributed by atoms with Crippen molar-refractivity contribution in [3.63, 3.8) is 0 Å². The van der Waals surface area contributed by atoms with Gasteiger partial charge < -0.3 is 15.5 Å². The molecule has 0 aliphatic heterocycles. The third kappa shape index (κ3) is 5.74. The Balaban J connectivity index is 4.04. The lowest BCUT2D eigenvalue weighted by Crippen LogP contribution is -2.39. The molecule has 0 aliphatic rings. The Morgan fingerprint density at radius 3 is 2.27 bits per heavy atom. The van der Waals surface area contributed by atoms with Crippen molar-refractivity contribution < 1.29 is 4.79 Å². The molecule has 90 valence electrons. The van der Waals surface area contributed by atoms with Crippen LogP contribution in [0.4, 0.5) is 0 Å². The van der Waals surface area contributed by atoms with E-state index in [-0.39, 0.29) is 11.8 Å². The first kappa shape index (κ1) is 14.4. The number of rotatable bonds is 7. The molecule has 2 N–H and O–H groups in total. The van der Waals surface area contributed by atoms with Gasteiger partial charge in [0.05, 0.1) is 5.92 Å². The summed E-state index contributed by atoms with van der Waals surface area (Å²) in [5.41, 5.74) is 5.60. The Morgan fingerprint density at radius 1 is 1.27 bits per heavy atom. The normalized spacial score (nSPS) is 12.9. The minimum Gasteiger partial charge on any atom is -0.344 e. The van der Waals surface area contributed by atoms with Crippen LogP contribution in [-0.2, 0) is 4.79 Å². The molecule has 4 heteroatoms. The van der Waals surface area contributed by atoms with Crippen molar-refractivity contribution in [1.82, 2.24) is 9.80 Å². The van der Waals surface area contributed by atoms with Crippen LogP contribution in [0.2, 0.25) is 0 Å². The van der Waals surface area contributed by atoms with Crippen LogP contribution in [-0.4, -0.2) is 56.5 Å². The molecule has 0 radical (unpaired) electrons. The van der Waals surface area contributed by atoms with Gasteiger partial charge in [-0.3, -0.25) is 4.79 Å². The smallest absolute Gasteiger partial charge is 0.226 e. The van der Waals surface area contributed by atoms with Gasteiger partial charge in [-0.15, -0.1) is 0 Å². The first-order valence-electron chi connectivity index (χ1n) is 5.62. The van der Waals surface area contributed by atoms with E-state index in [2.05, 4.69) is 11.8 Å². The van der Waals surface area contributed by atoms with Crippen LogP contribution < -0.4 is 5.73 Å². The second kappa shape index (κ2) is 7.65. The van der Waals surface area contributed by atoms with Crippen LogP contribution in [0.15, 0.2) is 0 Å². The summed E-state index contributed by atoms with van der Waals surface area (Å²) in [6.45, 7) is 4.20. The maximum atomic E-state index is 11.9. The summed E-state index contributed by atoms with van der Waals surface area (Å²) in [5.74, 6) is 0.184. The summed E-state index contributed by atoms with van der Waals surface area (Å²) in [7, 11) is 5.86. The van der Waals surface area contributed by atoms with E-state index in [1.807, 2.05) is 21.1 Å². The minimum atomic E-state index is 0.00200. The van der Waals surface area contributed by atoms with E-state index in [9.17, 15) is 4.79 Å². The Bertz CT molecular complexity index is 183. The standard InChI is InChI=1S/C11H25N3O/c1-5-6-10(9-12)11(15)14(4)8-7-13(2)3/h10H,5-9,12H2,1-4H3. The van der Waals surface area contributed by atoms with Crippen LogP contribution in [0.3, 0.4) is 0 Å². The van der Waals surface area contributed by atoms with E-state index in [1.165, 1.54) is 0 Å². The average Bonchev–Trinajstić information content (AvgIpc) is 2.21. The topological polar surface area (TPSA) is 49.6 Å². The first-order valence-corrected chi connectivity index (χ1v) is 5.62. The molecule has 0 rings (SSSR count). The number of nitrogens with zero attached hydrogens (tertiary/aromatic N) is 2. The monoisotopic (exact) mass is 215 g/mol. The number of hydrogen-bond acceptors (Lipinski definition) is 3. The maximum absolute atomic E-state index is 11.9. The van der Waals surface area contributed by atoms with Crippen LogP contribution >= 0.6 is 0 Å². The van der Waals surface area contributed by atoms with Gasteiger partial charge in [-0.2, -0.15) is 0 Å². The van der Waals surface area contributed by atoms with Crippen molar-refractivity contribution in [2.24, 2.45) is 11.7 Å². The highest BCUT2D eigenvalue weighted by molar-refractivity contribution is 5.78. The molecule has 0 saturated carbocycles. The molecule has 0 aromatic heterocycles. The fourth-order valence-corrected chi connectivity index (χ4v) is 1.46. The lowest BCUT2D eigenvalue weighted by atomic mass is 10.0. The molecule has 0 aromatic rings. The Hall–Kier alpha value is -0.610. The summed E-state index contributed by atoms with van der Waals surface area (Å²) in [5, 5.41) is 0. The molecular formula is C11H25N3O. The number of carbonyl (C=O) groups is 1. The SMILES string of the molecule is CCCC(CN)C(=O)N(C)CCN(C)C. The van der Waals surface area contributed by atoms with E-state index in [0.717, 1.165) is 25.9 Å². The van der Waals surface area contributed by atoms with Gasteiger partial charge in [-0.1, -0.05) is 13.3 Å². The zero-order chi connectivity index (χ0) is 11.8. The third-order valence-electron chi connectivity index (χ3n) is 2.53. The fourth-order valence-electron chi connectivity index (χ4n) is 1.46. The second-order valence-corrected chi connectivity index (χ2v) is 4.28. The van der Waals surface area contributed by atoms with Gasteiger partial charge >= 0.3 is 0 Å². The summed E-state index contributed by atoms with van der Waals surface area (Å²) in [6, 6.07) is 0. The van der Waals surface area contributed by atoms with Gasteiger partial charge in [0.2, 0.25) is 5.91 Å². The highest BCUT2D eigenvalue weighted by Crippen LogP contribution is 2.07. The quantitative estimate of drug-likeness (QED) is 0.668. The number of amides is 1. The van der Waals surface area contributed by atoms with E-state index in [4.69, 9.17) is 5.73 Å². The van der Waals surface area contributed by atoms with Gasteiger partial charge in [-0.05, 0) is 20.5 Å². The minimum absolute atomic E-state index is 0.00200. The number of likely N-dealkylation sites (N-methyl/N-ethyl adjacent to an activating group) is 2. The Morgan fingerprint density at radius 2 is 1.87 bits per heavy atom. The number of nitrogens with two attached hydrogens (primary N) is 1. The summed E-state index contributed by atoms with van der Waals surface area (Å²) < 4.78 is 0. The van der Waals surface area contributed by atoms with Crippen LogP contribution in [0.25, 0.3) is 0 Å². The summed E-state index contributed by atoms with van der Waals surface area (Å²) >= 11 is 0. The second-order valence-electron chi connectivity index (χ2n) is 4.28. The lowest BCUT2D eigenvalue weighted by molar-refractivity contribution is -0.134. The molecule has 4 nitrogen and oxygen atoms in total. The fraction of sp³-hybridized carbons (Fsp3) is 0.909. The van der Waals surface area contributed by atoms with Crippen LogP contribution in [0.1, 0.15) is 19.8 Å². The van der Waals surface area contributed by atoms with Crippen molar-refractivity contribution in [2.75, 3.05) is 40.8 Å². The number of carbonyl (C=O) groups excluding carboxylic acids is 1. The van der Waals surface area contributed by atoms with Gasteiger partial charge in [0.15, 0.2) is 0 Å². The molecule has 1 amide bonds. The molecule has 1 unspecified atom stereocenters. The largest absolute Gasteiger partial charge is 0.344 e. The number of hydrogen-bond donors (Lipinski definition) is 1. The van der Waals surface area contributed by atoms with Gasteiger partial charge in [0, 0.05) is 26.7 Å². The van der Waals surface area contributed by atoms with Crippen LogP contribution in [0, 0.1) is 5.92 Å². The third-order valence-corrected chi connectivity index (χ3v) is 2.53. The average molecular weight is 215 g/mol. The predicted molar refractivity (Wildman–Crippen MR) is 63.6 cm³/mol. The molecule has 0 aliphatic carbocycles. The van der Waals surface area contributed by atoms with E-state index in [0.29, 0.717) is 6.54 Å². The summed E-state index contributed by atoms with van der Waals surface area (Å²) in [4.78, 5) is 15.8. The molecule has 1 atom stereocenters. The van der Waals surface area contributed by atoms with Gasteiger partial charge in [0.1, 0.15) is 0 Å². The van der Waals surface area contributed by atoms with Crippen molar-refractivity contribution in [1.29, 1.82) is 0 Å². The molecule has 0 aromatic carbocycles. The zero-order valence-corrected chi connectivity index (χ0v) is 10.5. The molecule has 0 spiro atoms. The highest BCUT2D eigenvalue weighted by Gasteiger charge is 2.19. The molecule has 0 heterocycles. The van der Waals surface area contributed by atoms with E-state index in [1.54, 1.807) is 4.90 Å². The van der Waals surface area contributed by atoms with E-state index >= 15 is 0 Å². The summed E-state index contributed by atoms with van der Waals surface area (Å²) in [6.07, 6.45) is 1.90. The van der Waals surface area contributed by atoms with Crippen molar-refractivity contribution >= 4 is 5.91 Å². The molecule has 0 saturated heterocycles. The molecule has 0 fully saturated rings. The van der Waals surface area contributed by atoms with Crippen molar-refractivity contribution in [2.45, 2.75) is 19.8 Å². The first-order chi connectivity index (χ1) is 7.02. The molecular weight excluding hydrogens is 190 g/mol. The van der Waals surface area contributed by atoms with Crippen molar-refractivity contribution in [3.05, 3.63) is 0 Å². The van der Waals surface area contributed by atoms with Gasteiger partial charge in [0.25, 0.3) is 0 Å². The predicted octanol–water partition coefficient (Wildman–Crippen LogP) is 0.381. The Kier molecular flexibility index (Phi) is 7.34.